The number of carbonyl (C=O) groups excluding carboxylic acids is 2. The van der Waals surface area contributed by atoms with E-state index in [9.17, 15) is 14.0 Å². The summed E-state index contributed by atoms with van der Waals surface area (Å²) in [6.45, 7) is 10.3. The van der Waals surface area contributed by atoms with Gasteiger partial charge in [-0.25, -0.2) is 9.18 Å². The van der Waals surface area contributed by atoms with E-state index < -0.39 is 5.54 Å². The molecule has 1 aromatic carbocycles. The van der Waals surface area contributed by atoms with E-state index in [0.29, 0.717) is 13.1 Å². The number of hydrogen-bond donors (Lipinski definition) is 1. The maximum atomic E-state index is 13.2. The zero-order valence-electron chi connectivity index (χ0n) is 17.2. The summed E-state index contributed by atoms with van der Waals surface area (Å²) in [5.74, 6) is -0.505. The van der Waals surface area contributed by atoms with E-state index in [0.717, 1.165) is 10.4 Å². The van der Waals surface area contributed by atoms with Gasteiger partial charge in [0.1, 0.15) is 12.4 Å². The number of carbonyl (C=O) groups is 2. The van der Waals surface area contributed by atoms with Gasteiger partial charge in [0.15, 0.2) is 0 Å². The van der Waals surface area contributed by atoms with Crippen LogP contribution < -0.4 is 5.32 Å². The van der Waals surface area contributed by atoms with E-state index in [4.69, 9.17) is 0 Å². The molecule has 0 aliphatic heterocycles. The van der Waals surface area contributed by atoms with Gasteiger partial charge in [-0.15, -0.1) is 17.9 Å². The number of nitrogens with one attached hydrogen (secondary N) is 1. The van der Waals surface area contributed by atoms with Crippen LogP contribution in [0.3, 0.4) is 0 Å². The Hall–Kier alpha value is -2.67. The molecule has 0 fully saturated rings. The van der Waals surface area contributed by atoms with Crippen LogP contribution in [0.25, 0.3) is 0 Å². The molecule has 0 saturated carbocycles. The van der Waals surface area contributed by atoms with Gasteiger partial charge in [-0.05, 0) is 49.9 Å². The first-order valence-electron chi connectivity index (χ1n) is 9.40. The minimum atomic E-state index is -0.412. The van der Waals surface area contributed by atoms with Gasteiger partial charge in [0, 0.05) is 23.5 Å². The summed E-state index contributed by atoms with van der Waals surface area (Å²) in [7, 11) is 0. The van der Waals surface area contributed by atoms with Crippen molar-refractivity contribution in [1.82, 2.24) is 15.1 Å². The van der Waals surface area contributed by atoms with E-state index in [1.807, 2.05) is 38.3 Å². The molecule has 0 bridgehead atoms. The monoisotopic (exact) mass is 417 g/mol. The van der Waals surface area contributed by atoms with Crippen molar-refractivity contribution in [2.75, 3.05) is 13.1 Å². The third-order valence-electron chi connectivity index (χ3n) is 4.01. The first-order chi connectivity index (χ1) is 13.7. The summed E-state index contributed by atoms with van der Waals surface area (Å²) < 4.78 is 13.2. The van der Waals surface area contributed by atoms with Gasteiger partial charge in [0.2, 0.25) is 5.91 Å². The summed E-state index contributed by atoms with van der Waals surface area (Å²) in [6.07, 6.45) is 1.60. The summed E-state index contributed by atoms with van der Waals surface area (Å²) in [4.78, 5) is 29.8. The topological polar surface area (TPSA) is 52.7 Å². The van der Waals surface area contributed by atoms with Crippen LogP contribution in [-0.4, -0.2) is 40.4 Å². The fourth-order valence-corrected chi connectivity index (χ4v) is 3.39. The molecule has 2 aromatic rings. The largest absolute Gasteiger partial charge is 0.333 e. The predicted molar refractivity (Wildman–Crippen MR) is 115 cm³/mol. The molecule has 0 atom stereocenters. The molecule has 0 aliphatic carbocycles. The first kappa shape index (κ1) is 22.6. The van der Waals surface area contributed by atoms with Gasteiger partial charge in [-0.1, -0.05) is 24.3 Å². The molecular weight excluding hydrogens is 389 g/mol. The van der Waals surface area contributed by atoms with Crippen LogP contribution in [0.15, 0.2) is 54.4 Å². The number of benzene rings is 1. The van der Waals surface area contributed by atoms with Crippen LogP contribution in [0, 0.1) is 5.82 Å². The van der Waals surface area contributed by atoms with Crippen LogP contribution in [0.1, 0.15) is 31.2 Å². The van der Waals surface area contributed by atoms with Crippen molar-refractivity contribution < 1.29 is 14.0 Å². The van der Waals surface area contributed by atoms with Crippen molar-refractivity contribution in [2.45, 2.75) is 39.4 Å². The second-order valence-electron chi connectivity index (χ2n) is 7.80. The van der Waals surface area contributed by atoms with E-state index >= 15 is 0 Å². The minimum Gasteiger partial charge on any atom is -0.333 e. The summed E-state index contributed by atoms with van der Waals surface area (Å²) in [5.41, 5.74) is 0.412. The van der Waals surface area contributed by atoms with Gasteiger partial charge in [-0.2, -0.15) is 0 Å². The SMILES string of the molecule is C=CCN(CC(=O)N(Cc1ccc(F)cc1)Cc1cccs1)C(=O)NC(C)(C)C. The minimum absolute atomic E-state index is 0.0689. The lowest BCUT2D eigenvalue weighted by Gasteiger charge is -2.30. The average Bonchev–Trinajstić information content (AvgIpc) is 3.14. The molecule has 1 heterocycles. The lowest BCUT2D eigenvalue weighted by Crippen LogP contribution is -2.51. The highest BCUT2D eigenvalue weighted by Gasteiger charge is 2.24. The Morgan fingerprint density at radius 1 is 1.14 bits per heavy atom. The third kappa shape index (κ3) is 7.69. The fraction of sp³-hybridized carbons (Fsp3) is 0.364. The van der Waals surface area contributed by atoms with Crippen LogP contribution in [-0.2, 0) is 17.9 Å². The molecule has 1 aromatic heterocycles. The Kier molecular flexibility index (Phi) is 7.96. The molecule has 5 nitrogen and oxygen atoms in total. The number of nitrogens with zero attached hydrogens (tertiary/aromatic N) is 2. The summed E-state index contributed by atoms with van der Waals surface area (Å²) in [5, 5.41) is 4.83. The first-order valence-corrected chi connectivity index (χ1v) is 10.3. The molecule has 0 radical (unpaired) electrons. The second-order valence-corrected chi connectivity index (χ2v) is 8.84. The highest BCUT2D eigenvalue weighted by atomic mass is 32.1. The lowest BCUT2D eigenvalue weighted by atomic mass is 10.1. The smallest absolute Gasteiger partial charge is 0.318 e. The molecule has 0 aliphatic rings. The molecule has 0 saturated heterocycles. The van der Waals surface area contributed by atoms with Crippen molar-refractivity contribution in [2.24, 2.45) is 0 Å². The van der Waals surface area contributed by atoms with Crippen LogP contribution in [0.2, 0.25) is 0 Å². The van der Waals surface area contributed by atoms with Crippen molar-refractivity contribution in [3.63, 3.8) is 0 Å². The highest BCUT2D eigenvalue weighted by Crippen LogP contribution is 2.16. The molecule has 1 N–H and O–H groups in total. The highest BCUT2D eigenvalue weighted by molar-refractivity contribution is 7.09. The molecule has 156 valence electrons. The molecule has 29 heavy (non-hydrogen) atoms. The third-order valence-corrected chi connectivity index (χ3v) is 4.87. The molecule has 2 rings (SSSR count). The van der Waals surface area contributed by atoms with Crippen LogP contribution in [0.5, 0.6) is 0 Å². The van der Waals surface area contributed by atoms with Crippen molar-refractivity contribution in [1.29, 1.82) is 0 Å². The van der Waals surface area contributed by atoms with Gasteiger partial charge in [0.05, 0.1) is 6.54 Å². The van der Waals surface area contributed by atoms with Gasteiger partial charge >= 0.3 is 6.03 Å². The van der Waals surface area contributed by atoms with Crippen molar-refractivity contribution >= 4 is 23.3 Å². The van der Waals surface area contributed by atoms with Crippen molar-refractivity contribution in [3.8, 4) is 0 Å². The van der Waals surface area contributed by atoms with E-state index in [1.165, 1.54) is 17.0 Å². The predicted octanol–water partition coefficient (Wildman–Crippen LogP) is 4.41. The normalized spacial score (nSPS) is 11.0. The number of amides is 3. The van der Waals surface area contributed by atoms with Crippen LogP contribution >= 0.6 is 11.3 Å². The quantitative estimate of drug-likeness (QED) is 0.647. The molecule has 0 unspecified atom stereocenters. The second kappa shape index (κ2) is 10.2. The summed E-state index contributed by atoms with van der Waals surface area (Å²) in [6, 6.07) is 9.66. The standard InChI is InChI=1S/C22H28FN3O2S/c1-5-12-25(21(28)24-22(2,3)4)16-20(27)26(15-19-7-6-13-29-19)14-17-8-10-18(23)11-9-17/h5-11,13H,1,12,14-16H2,2-4H3,(H,24,28). The maximum absolute atomic E-state index is 13.2. The average molecular weight is 418 g/mol. The van der Waals surface area contributed by atoms with Gasteiger partial charge in [0.25, 0.3) is 0 Å². The molecular formula is C22H28FN3O2S. The van der Waals surface area contributed by atoms with E-state index in [2.05, 4.69) is 11.9 Å². The van der Waals surface area contributed by atoms with E-state index in [-0.39, 0.29) is 30.8 Å². The maximum Gasteiger partial charge on any atom is 0.318 e. The molecule has 0 spiro atoms. The van der Waals surface area contributed by atoms with E-state index in [1.54, 1.807) is 34.4 Å². The van der Waals surface area contributed by atoms with Gasteiger partial charge < -0.3 is 15.1 Å². The Morgan fingerprint density at radius 3 is 2.38 bits per heavy atom. The summed E-state index contributed by atoms with van der Waals surface area (Å²) >= 11 is 1.56. The zero-order chi connectivity index (χ0) is 21.4. The number of urea groups is 1. The molecule has 3 amide bonds. The lowest BCUT2D eigenvalue weighted by molar-refractivity contribution is -0.133. The Morgan fingerprint density at radius 2 is 1.83 bits per heavy atom. The van der Waals surface area contributed by atoms with Gasteiger partial charge in [-0.3, -0.25) is 4.79 Å². The number of hydrogen-bond acceptors (Lipinski definition) is 3. The van der Waals surface area contributed by atoms with Crippen molar-refractivity contribution in [3.05, 3.63) is 70.7 Å². The Balaban J connectivity index is 2.16. The molecule has 7 heteroatoms. The Bertz CT molecular complexity index is 814. The zero-order valence-corrected chi connectivity index (χ0v) is 18.0. The fourth-order valence-electron chi connectivity index (χ4n) is 2.67. The number of thiophene rings is 1. The number of halogens is 1. The Labute approximate surface area is 175 Å². The number of rotatable bonds is 8. The van der Waals surface area contributed by atoms with Crippen LogP contribution in [0.4, 0.5) is 9.18 Å².